The molecule has 1 saturated heterocycles. The lowest BCUT2D eigenvalue weighted by Gasteiger charge is -2.32. The number of nitrogens with two attached hydrogens (primary N) is 1. The fourth-order valence-corrected chi connectivity index (χ4v) is 4.07. The van der Waals surface area contributed by atoms with Crippen molar-refractivity contribution in [2.24, 2.45) is 11.7 Å². The number of aromatic nitrogens is 1. The number of piperidine rings is 1. The molecule has 1 unspecified atom stereocenters. The van der Waals surface area contributed by atoms with Gasteiger partial charge in [0.05, 0.1) is 0 Å². The Bertz CT molecular complexity index is 1160. The van der Waals surface area contributed by atoms with Crippen LogP contribution in [0.25, 0.3) is 0 Å². The highest BCUT2D eigenvalue weighted by Crippen LogP contribution is 2.29. The standard InChI is InChI=1S/C27H27N3O4/c1-2-25(31)30-14-6-7-19(18-30)15-20-16-24(26(28)32)27(29-17-20)34-23-12-10-22(11-13-23)33-21-8-4-3-5-9-21/h2-5,8-13,16-17,19H,1,6-7,14-15,18H2,(H2,28,32). The van der Waals surface area contributed by atoms with E-state index in [9.17, 15) is 9.59 Å². The van der Waals surface area contributed by atoms with Gasteiger partial charge < -0.3 is 20.1 Å². The quantitative estimate of drug-likeness (QED) is 0.494. The van der Waals surface area contributed by atoms with Crippen molar-refractivity contribution in [3.05, 3.63) is 90.6 Å². The van der Waals surface area contributed by atoms with E-state index in [0.717, 1.165) is 30.7 Å². The number of benzene rings is 2. The fraction of sp³-hybridized carbons (Fsp3) is 0.222. The maximum atomic E-state index is 12.1. The summed E-state index contributed by atoms with van der Waals surface area (Å²) in [6.45, 7) is 4.97. The molecule has 174 valence electrons. The number of hydrogen-bond acceptors (Lipinski definition) is 5. The van der Waals surface area contributed by atoms with E-state index in [-0.39, 0.29) is 23.3 Å². The average molecular weight is 458 g/mol. The minimum absolute atomic E-state index is 0.0513. The van der Waals surface area contributed by atoms with Crippen LogP contribution in [-0.2, 0) is 11.2 Å². The Morgan fingerprint density at radius 3 is 2.41 bits per heavy atom. The highest BCUT2D eigenvalue weighted by atomic mass is 16.5. The highest BCUT2D eigenvalue weighted by molar-refractivity contribution is 5.95. The van der Waals surface area contributed by atoms with Crippen molar-refractivity contribution in [3.63, 3.8) is 0 Å². The molecule has 2 N–H and O–H groups in total. The summed E-state index contributed by atoms with van der Waals surface area (Å²) in [5.74, 6) is 1.68. The SMILES string of the molecule is C=CC(=O)N1CCCC(Cc2cnc(Oc3ccc(Oc4ccccc4)cc3)c(C(N)=O)c2)C1. The molecule has 0 bridgehead atoms. The zero-order valence-electron chi connectivity index (χ0n) is 18.9. The first kappa shape index (κ1) is 23.0. The smallest absolute Gasteiger partial charge is 0.254 e. The summed E-state index contributed by atoms with van der Waals surface area (Å²) < 4.78 is 11.6. The van der Waals surface area contributed by atoms with Crippen molar-refractivity contribution in [1.82, 2.24) is 9.88 Å². The van der Waals surface area contributed by atoms with Crippen LogP contribution in [0.15, 0.2) is 79.5 Å². The molecule has 34 heavy (non-hydrogen) atoms. The predicted molar refractivity (Wildman–Crippen MR) is 129 cm³/mol. The molecule has 0 spiro atoms. The first-order valence-electron chi connectivity index (χ1n) is 11.2. The van der Waals surface area contributed by atoms with E-state index in [0.29, 0.717) is 24.5 Å². The van der Waals surface area contributed by atoms with Gasteiger partial charge in [-0.3, -0.25) is 9.59 Å². The fourth-order valence-electron chi connectivity index (χ4n) is 4.07. The summed E-state index contributed by atoms with van der Waals surface area (Å²) in [5.41, 5.74) is 6.72. The van der Waals surface area contributed by atoms with Crippen LogP contribution in [0.3, 0.4) is 0 Å². The van der Waals surface area contributed by atoms with Gasteiger partial charge in [0.25, 0.3) is 5.91 Å². The van der Waals surface area contributed by atoms with Gasteiger partial charge in [-0.2, -0.15) is 0 Å². The maximum absolute atomic E-state index is 12.1. The summed E-state index contributed by atoms with van der Waals surface area (Å²) in [7, 11) is 0. The molecule has 0 radical (unpaired) electrons. The second kappa shape index (κ2) is 10.7. The van der Waals surface area contributed by atoms with Crippen LogP contribution < -0.4 is 15.2 Å². The van der Waals surface area contributed by atoms with Crippen LogP contribution >= 0.6 is 0 Å². The number of ether oxygens (including phenoxy) is 2. The predicted octanol–water partition coefficient (Wildman–Crippen LogP) is 4.73. The Morgan fingerprint density at radius 1 is 1.06 bits per heavy atom. The van der Waals surface area contributed by atoms with Crippen LogP contribution in [0.5, 0.6) is 23.1 Å². The minimum atomic E-state index is -0.611. The third kappa shape index (κ3) is 5.81. The van der Waals surface area contributed by atoms with E-state index in [4.69, 9.17) is 15.2 Å². The Labute approximate surface area is 198 Å². The number of amides is 2. The van der Waals surface area contributed by atoms with Crippen LogP contribution in [-0.4, -0.2) is 34.8 Å². The second-order valence-corrected chi connectivity index (χ2v) is 8.25. The molecule has 2 amide bonds. The zero-order chi connectivity index (χ0) is 23.9. The lowest BCUT2D eigenvalue weighted by atomic mass is 9.91. The van der Waals surface area contributed by atoms with Crippen LogP contribution in [0, 0.1) is 5.92 Å². The van der Waals surface area contributed by atoms with E-state index in [1.165, 1.54) is 6.08 Å². The molecule has 1 aliphatic rings. The van der Waals surface area contributed by atoms with Crippen molar-refractivity contribution in [2.75, 3.05) is 13.1 Å². The van der Waals surface area contributed by atoms with Gasteiger partial charge in [0.1, 0.15) is 22.8 Å². The molecular weight excluding hydrogens is 430 g/mol. The van der Waals surface area contributed by atoms with Gasteiger partial charge in [0, 0.05) is 19.3 Å². The molecular formula is C27H27N3O4. The van der Waals surface area contributed by atoms with E-state index in [2.05, 4.69) is 11.6 Å². The Balaban J connectivity index is 1.44. The molecule has 2 heterocycles. The number of hydrogen-bond donors (Lipinski definition) is 1. The molecule has 0 saturated carbocycles. The van der Waals surface area contributed by atoms with Gasteiger partial charge in [-0.05, 0) is 79.3 Å². The normalized spacial score (nSPS) is 15.4. The first-order valence-corrected chi connectivity index (χ1v) is 11.2. The number of carbonyl (C=O) groups excluding carboxylic acids is 2. The average Bonchev–Trinajstić information content (AvgIpc) is 2.86. The summed E-state index contributed by atoms with van der Waals surface area (Å²) in [4.78, 5) is 30.2. The minimum Gasteiger partial charge on any atom is -0.457 e. The molecule has 7 heteroatoms. The first-order chi connectivity index (χ1) is 16.5. The van der Waals surface area contributed by atoms with E-state index in [1.54, 1.807) is 36.5 Å². The molecule has 1 aliphatic heterocycles. The van der Waals surface area contributed by atoms with Crippen molar-refractivity contribution < 1.29 is 19.1 Å². The maximum Gasteiger partial charge on any atom is 0.254 e. The number of rotatable bonds is 8. The van der Waals surface area contributed by atoms with E-state index < -0.39 is 5.91 Å². The van der Waals surface area contributed by atoms with E-state index >= 15 is 0 Å². The monoisotopic (exact) mass is 457 g/mol. The van der Waals surface area contributed by atoms with Gasteiger partial charge in [-0.15, -0.1) is 0 Å². The zero-order valence-corrected chi connectivity index (χ0v) is 18.9. The molecule has 4 rings (SSSR count). The second-order valence-electron chi connectivity index (χ2n) is 8.25. The summed E-state index contributed by atoms with van der Waals surface area (Å²) in [5, 5.41) is 0. The van der Waals surface area contributed by atoms with Gasteiger partial charge in [-0.1, -0.05) is 24.8 Å². The molecule has 0 aliphatic carbocycles. The van der Waals surface area contributed by atoms with Gasteiger partial charge in [0.2, 0.25) is 11.8 Å². The third-order valence-electron chi connectivity index (χ3n) is 5.72. The Morgan fingerprint density at radius 2 is 1.74 bits per heavy atom. The molecule has 1 fully saturated rings. The highest BCUT2D eigenvalue weighted by Gasteiger charge is 2.23. The van der Waals surface area contributed by atoms with Crippen molar-refractivity contribution in [3.8, 4) is 23.1 Å². The number of nitrogens with zero attached hydrogens (tertiary/aromatic N) is 2. The number of pyridine rings is 1. The number of carbonyl (C=O) groups is 2. The van der Waals surface area contributed by atoms with Crippen molar-refractivity contribution in [2.45, 2.75) is 19.3 Å². The Kier molecular flexibility index (Phi) is 7.22. The molecule has 1 aromatic heterocycles. The van der Waals surface area contributed by atoms with Gasteiger partial charge in [0.15, 0.2) is 0 Å². The Hall–Kier alpha value is -4.13. The van der Waals surface area contributed by atoms with Crippen LogP contribution in [0.2, 0.25) is 0 Å². The van der Waals surface area contributed by atoms with Crippen molar-refractivity contribution >= 4 is 11.8 Å². The number of likely N-dealkylation sites (tertiary alicyclic amines) is 1. The van der Waals surface area contributed by atoms with Gasteiger partial charge in [-0.25, -0.2) is 4.98 Å². The topological polar surface area (TPSA) is 94.8 Å². The lowest BCUT2D eigenvalue weighted by molar-refractivity contribution is -0.127. The lowest BCUT2D eigenvalue weighted by Crippen LogP contribution is -2.39. The molecule has 2 aromatic carbocycles. The number of primary amides is 1. The third-order valence-corrected chi connectivity index (χ3v) is 5.72. The van der Waals surface area contributed by atoms with Crippen LogP contribution in [0.1, 0.15) is 28.8 Å². The van der Waals surface area contributed by atoms with Gasteiger partial charge >= 0.3 is 0 Å². The summed E-state index contributed by atoms with van der Waals surface area (Å²) >= 11 is 0. The van der Waals surface area contributed by atoms with Crippen LogP contribution in [0.4, 0.5) is 0 Å². The summed E-state index contributed by atoms with van der Waals surface area (Å²) in [6.07, 6.45) is 5.68. The molecule has 3 aromatic rings. The molecule has 1 atom stereocenters. The largest absolute Gasteiger partial charge is 0.457 e. The van der Waals surface area contributed by atoms with Crippen molar-refractivity contribution in [1.29, 1.82) is 0 Å². The van der Waals surface area contributed by atoms with E-state index in [1.807, 2.05) is 35.2 Å². The summed E-state index contributed by atoms with van der Waals surface area (Å²) in [6, 6.07) is 18.2. The molecule has 7 nitrogen and oxygen atoms in total. The number of para-hydroxylation sites is 1.